The second kappa shape index (κ2) is 5.28. The maximum atomic E-state index is 11.1. The lowest BCUT2D eigenvalue weighted by atomic mass is 10.0. The van der Waals surface area contributed by atoms with E-state index in [0.717, 1.165) is 0 Å². The molecule has 2 atom stereocenters. The normalized spacial score (nSPS) is 28.1. The summed E-state index contributed by atoms with van der Waals surface area (Å²) >= 11 is 0. The Balaban J connectivity index is 2.58. The van der Waals surface area contributed by atoms with Gasteiger partial charge in [-0.15, -0.1) is 0 Å². The fourth-order valence-corrected chi connectivity index (χ4v) is 1.84. The van der Waals surface area contributed by atoms with Gasteiger partial charge in [-0.1, -0.05) is 0 Å². The molecule has 0 spiro atoms. The quantitative estimate of drug-likeness (QED) is 0.681. The van der Waals surface area contributed by atoms with Crippen molar-refractivity contribution in [2.45, 2.75) is 51.1 Å². The van der Waals surface area contributed by atoms with Gasteiger partial charge in [-0.25, -0.2) is 0 Å². The van der Waals surface area contributed by atoms with Crippen LogP contribution in [0.2, 0.25) is 0 Å². The smallest absolute Gasteiger partial charge is 0.308 e. The summed E-state index contributed by atoms with van der Waals surface area (Å²) in [6, 6.07) is 2.07. The molecule has 5 nitrogen and oxygen atoms in total. The molecule has 0 aromatic heterocycles. The van der Waals surface area contributed by atoms with Crippen molar-refractivity contribution in [3.63, 3.8) is 0 Å². The summed E-state index contributed by atoms with van der Waals surface area (Å²) in [6.07, 6.45) is 0.639. The Morgan fingerprint density at radius 3 is 2.69 bits per heavy atom. The highest BCUT2D eigenvalue weighted by Crippen LogP contribution is 2.29. The summed E-state index contributed by atoms with van der Waals surface area (Å²) in [5.41, 5.74) is 0. The largest absolute Gasteiger partial charge is 0.469 e. The van der Waals surface area contributed by atoms with E-state index in [9.17, 15) is 4.79 Å². The van der Waals surface area contributed by atoms with Crippen molar-refractivity contribution >= 4 is 5.97 Å². The minimum atomic E-state index is -0.752. The van der Waals surface area contributed by atoms with E-state index >= 15 is 0 Å². The molecule has 0 unspecified atom stereocenters. The third-order valence-electron chi connectivity index (χ3n) is 2.37. The Bertz CT molecular complexity index is 295. The van der Waals surface area contributed by atoms with Gasteiger partial charge in [-0.05, 0) is 13.8 Å². The first-order chi connectivity index (χ1) is 7.46. The van der Waals surface area contributed by atoms with E-state index in [-0.39, 0.29) is 24.6 Å². The van der Waals surface area contributed by atoms with Crippen LogP contribution in [0.25, 0.3) is 0 Å². The number of rotatable bonds is 3. The maximum absolute atomic E-state index is 11.1. The molecular weight excluding hydrogens is 210 g/mol. The zero-order chi connectivity index (χ0) is 12.2. The van der Waals surface area contributed by atoms with Crippen LogP contribution in [0.4, 0.5) is 0 Å². The van der Waals surface area contributed by atoms with Gasteiger partial charge in [0, 0.05) is 6.42 Å². The van der Waals surface area contributed by atoms with E-state index in [4.69, 9.17) is 14.7 Å². The fraction of sp³-hybridized carbons (Fsp3) is 0.818. The van der Waals surface area contributed by atoms with Gasteiger partial charge in [0.2, 0.25) is 0 Å². The Kier molecular flexibility index (Phi) is 4.27. The van der Waals surface area contributed by atoms with Crippen molar-refractivity contribution < 1.29 is 19.0 Å². The van der Waals surface area contributed by atoms with Crippen molar-refractivity contribution in [1.29, 1.82) is 5.26 Å². The number of methoxy groups -OCH3 is 1. The van der Waals surface area contributed by atoms with Crippen LogP contribution in [0.1, 0.15) is 33.1 Å². The summed E-state index contributed by atoms with van der Waals surface area (Å²) in [5.74, 6) is -1.06. The molecule has 0 aromatic rings. The molecule has 1 heterocycles. The van der Waals surface area contributed by atoms with Gasteiger partial charge in [-0.2, -0.15) is 5.26 Å². The number of hydrogen-bond acceptors (Lipinski definition) is 5. The fourth-order valence-electron chi connectivity index (χ4n) is 1.84. The molecule has 1 saturated heterocycles. The highest BCUT2D eigenvalue weighted by atomic mass is 16.7. The molecule has 0 saturated carbocycles. The van der Waals surface area contributed by atoms with Crippen LogP contribution in [0.15, 0.2) is 0 Å². The Morgan fingerprint density at radius 1 is 1.50 bits per heavy atom. The average Bonchev–Trinajstić information content (AvgIpc) is 2.15. The molecule has 1 rings (SSSR count). The number of ether oxygens (including phenoxy) is 3. The molecule has 5 heteroatoms. The monoisotopic (exact) mass is 227 g/mol. The van der Waals surface area contributed by atoms with Gasteiger partial charge in [0.25, 0.3) is 0 Å². The van der Waals surface area contributed by atoms with Crippen molar-refractivity contribution in [3.8, 4) is 6.07 Å². The molecule has 90 valence electrons. The summed E-state index contributed by atoms with van der Waals surface area (Å²) in [7, 11) is 1.35. The zero-order valence-electron chi connectivity index (χ0n) is 9.86. The van der Waals surface area contributed by atoms with Crippen molar-refractivity contribution in [2.75, 3.05) is 7.11 Å². The van der Waals surface area contributed by atoms with Gasteiger partial charge < -0.3 is 14.2 Å². The van der Waals surface area contributed by atoms with Crippen LogP contribution in [0, 0.1) is 11.3 Å². The Labute approximate surface area is 95.3 Å². The topological polar surface area (TPSA) is 68.6 Å². The average molecular weight is 227 g/mol. The molecule has 1 fully saturated rings. The third kappa shape index (κ3) is 3.80. The minimum absolute atomic E-state index is 0.177. The molecule has 0 radical (unpaired) electrons. The highest BCUT2D eigenvalue weighted by Gasteiger charge is 2.36. The number of nitriles is 1. The molecular formula is C11H17NO4. The van der Waals surface area contributed by atoms with Crippen LogP contribution >= 0.6 is 0 Å². The molecule has 1 aliphatic rings. The standard InChI is InChI=1S/C11H17NO4/c1-11(2)15-8(4-5-12)6-9(16-11)7-10(13)14-3/h8-9H,4,6-7H2,1-3H3/t8-,9-/m1/s1. The van der Waals surface area contributed by atoms with Crippen molar-refractivity contribution in [2.24, 2.45) is 0 Å². The first kappa shape index (κ1) is 12.9. The second-order valence-corrected chi connectivity index (χ2v) is 4.26. The van der Waals surface area contributed by atoms with E-state index < -0.39 is 5.79 Å². The number of carbonyl (C=O) groups is 1. The summed E-state index contributed by atoms with van der Waals surface area (Å²) in [5, 5.41) is 8.64. The number of nitrogens with zero attached hydrogens (tertiary/aromatic N) is 1. The zero-order valence-corrected chi connectivity index (χ0v) is 9.86. The first-order valence-corrected chi connectivity index (χ1v) is 5.26. The van der Waals surface area contributed by atoms with E-state index in [0.29, 0.717) is 12.8 Å². The Hall–Kier alpha value is -1.12. The van der Waals surface area contributed by atoms with Crippen LogP contribution in [0.3, 0.4) is 0 Å². The van der Waals surface area contributed by atoms with E-state index in [1.54, 1.807) is 13.8 Å². The van der Waals surface area contributed by atoms with Gasteiger partial charge in [0.05, 0.1) is 38.2 Å². The van der Waals surface area contributed by atoms with Crippen molar-refractivity contribution in [3.05, 3.63) is 0 Å². The summed E-state index contributed by atoms with van der Waals surface area (Å²) < 4.78 is 15.7. The lowest BCUT2D eigenvalue weighted by Gasteiger charge is -2.39. The van der Waals surface area contributed by atoms with E-state index in [2.05, 4.69) is 10.8 Å². The number of carbonyl (C=O) groups excluding carboxylic acids is 1. The van der Waals surface area contributed by atoms with Gasteiger partial charge >= 0.3 is 5.97 Å². The first-order valence-electron chi connectivity index (χ1n) is 5.26. The third-order valence-corrected chi connectivity index (χ3v) is 2.37. The summed E-state index contributed by atoms with van der Waals surface area (Å²) in [4.78, 5) is 11.1. The van der Waals surface area contributed by atoms with Crippen LogP contribution in [0.5, 0.6) is 0 Å². The SMILES string of the molecule is COC(=O)C[C@H]1C[C@@H](CC#N)OC(C)(C)O1. The summed E-state index contributed by atoms with van der Waals surface area (Å²) in [6.45, 7) is 3.56. The predicted octanol–water partition coefficient (Wildman–Crippen LogP) is 1.37. The van der Waals surface area contributed by atoms with Gasteiger partial charge in [-0.3, -0.25) is 4.79 Å². The molecule has 1 aliphatic heterocycles. The molecule has 16 heavy (non-hydrogen) atoms. The van der Waals surface area contributed by atoms with Crippen LogP contribution in [-0.4, -0.2) is 31.1 Å². The molecule has 0 aromatic carbocycles. The van der Waals surface area contributed by atoms with Crippen LogP contribution < -0.4 is 0 Å². The highest BCUT2D eigenvalue weighted by molar-refractivity contribution is 5.69. The van der Waals surface area contributed by atoms with E-state index in [1.165, 1.54) is 7.11 Å². The van der Waals surface area contributed by atoms with Gasteiger partial charge in [0.1, 0.15) is 0 Å². The molecule has 0 N–H and O–H groups in total. The van der Waals surface area contributed by atoms with E-state index in [1.807, 2.05) is 0 Å². The molecule has 0 amide bonds. The predicted molar refractivity (Wildman–Crippen MR) is 55.3 cm³/mol. The number of hydrogen-bond donors (Lipinski definition) is 0. The number of esters is 1. The molecule has 0 bridgehead atoms. The van der Waals surface area contributed by atoms with Crippen molar-refractivity contribution in [1.82, 2.24) is 0 Å². The maximum Gasteiger partial charge on any atom is 0.308 e. The molecule has 0 aliphatic carbocycles. The Morgan fingerprint density at radius 2 is 2.12 bits per heavy atom. The lowest BCUT2D eigenvalue weighted by Crippen LogP contribution is -2.45. The minimum Gasteiger partial charge on any atom is -0.469 e. The lowest BCUT2D eigenvalue weighted by molar-refractivity contribution is -0.298. The van der Waals surface area contributed by atoms with Crippen LogP contribution in [-0.2, 0) is 19.0 Å². The second-order valence-electron chi connectivity index (χ2n) is 4.26. The van der Waals surface area contributed by atoms with Gasteiger partial charge in [0.15, 0.2) is 5.79 Å².